The van der Waals surface area contributed by atoms with Gasteiger partial charge in [-0.15, -0.1) is 0 Å². The second kappa shape index (κ2) is 8.67. The number of nitriles is 1. The molecule has 1 amide bonds. The van der Waals surface area contributed by atoms with Gasteiger partial charge in [-0.3, -0.25) is 14.9 Å². The molecule has 0 saturated carbocycles. The van der Waals surface area contributed by atoms with E-state index in [4.69, 9.17) is 4.42 Å². The molecule has 1 N–H and O–H groups in total. The molecule has 29 heavy (non-hydrogen) atoms. The van der Waals surface area contributed by atoms with Crippen molar-refractivity contribution in [3.05, 3.63) is 87.7 Å². The molecule has 0 aliphatic rings. The van der Waals surface area contributed by atoms with Crippen molar-refractivity contribution >= 4 is 23.4 Å². The highest BCUT2D eigenvalue weighted by atomic mass is 16.6. The maximum absolute atomic E-state index is 12.4. The van der Waals surface area contributed by atoms with Crippen molar-refractivity contribution < 1.29 is 14.1 Å². The van der Waals surface area contributed by atoms with E-state index < -0.39 is 10.8 Å². The molecule has 0 radical (unpaired) electrons. The van der Waals surface area contributed by atoms with Crippen LogP contribution in [0.2, 0.25) is 0 Å². The molecule has 1 heterocycles. The van der Waals surface area contributed by atoms with E-state index in [1.165, 1.54) is 18.2 Å². The van der Waals surface area contributed by atoms with Gasteiger partial charge in [0.1, 0.15) is 23.2 Å². The van der Waals surface area contributed by atoms with E-state index in [1.807, 2.05) is 25.1 Å². The van der Waals surface area contributed by atoms with Crippen LogP contribution in [0.3, 0.4) is 0 Å². The lowest BCUT2D eigenvalue weighted by molar-refractivity contribution is -0.384. The third-order valence-corrected chi connectivity index (χ3v) is 4.24. The number of aryl methyl sites for hydroxylation is 1. The molecule has 0 aliphatic heterocycles. The van der Waals surface area contributed by atoms with E-state index >= 15 is 0 Å². The second-order valence-electron chi connectivity index (χ2n) is 6.18. The standard InChI is InChI=1S/C22H17N3O4/c1-2-15-6-8-18(9-7-15)24-22(26)17(14-23)13-20-10-11-21(29-20)16-4-3-5-19(12-16)25(27)28/h3-13H,2H2,1H3,(H,24,26). The highest BCUT2D eigenvalue weighted by Crippen LogP contribution is 2.26. The Morgan fingerprint density at radius 2 is 1.97 bits per heavy atom. The molecule has 2 aromatic carbocycles. The number of carbonyl (C=O) groups is 1. The van der Waals surface area contributed by atoms with E-state index in [1.54, 1.807) is 36.4 Å². The van der Waals surface area contributed by atoms with Crippen LogP contribution in [0.25, 0.3) is 17.4 Å². The third-order valence-electron chi connectivity index (χ3n) is 4.24. The first kappa shape index (κ1) is 19.6. The molecule has 7 heteroatoms. The Kier molecular flexibility index (Phi) is 5.85. The van der Waals surface area contributed by atoms with Crippen LogP contribution in [0.1, 0.15) is 18.2 Å². The SMILES string of the molecule is CCc1ccc(NC(=O)C(C#N)=Cc2ccc(-c3cccc([N+](=O)[O-])c3)o2)cc1. The van der Waals surface area contributed by atoms with Gasteiger partial charge < -0.3 is 9.73 Å². The van der Waals surface area contributed by atoms with E-state index in [2.05, 4.69) is 5.32 Å². The maximum atomic E-state index is 12.4. The molecule has 0 fully saturated rings. The zero-order valence-electron chi connectivity index (χ0n) is 15.6. The minimum Gasteiger partial charge on any atom is -0.457 e. The summed E-state index contributed by atoms with van der Waals surface area (Å²) >= 11 is 0. The number of hydrogen-bond donors (Lipinski definition) is 1. The summed E-state index contributed by atoms with van der Waals surface area (Å²) in [5, 5.41) is 22.9. The molecule has 1 aromatic heterocycles. The van der Waals surface area contributed by atoms with Gasteiger partial charge in [0.25, 0.3) is 11.6 Å². The fourth-order valence-corrected chi connectivity index (χ4v) is 2.67. The number of rotatable bonds is 6. The number of nitrogens with one attached hydrogen (secondary N) is 1. The van der Waals surface area contributed by atoms with Crippen molar-refractivity contribution in [1.82, 2.24) is 0 Å². The average molecular weight is 387 g/mol. The maximum Gasteiger partial charge on any atom is 0.270 e. The zero-order valence-corrected chi connectivity index (χ0v) is 15.6. The number of benzene rings is 2. The van der Waals surface area contributed by atoms with Gasteiger partial charge in [-0.25, -0.2) is 0 Å². The Morgan fingerprint density at radius 1 is 1.21 bits per heavy atom. The predicted molar refractivity (Wildman–Crippen MR) is 109 cm³/mol. The molecule has 0 spiro atoms. The van der Waals surface area contributed by atoms with Gasteiger partial charge >= 0.3 is 0 Å². The summed E-state index contributed by atoms with van der Waals surface area (Å²) in [6.07, 6.45) is 2.22. The van der Waals surface area contributed by atoms with Crippen molar-refractivity contribution in [2.24, 2.45) is 0 Å². The summed E-state index contributed by atoms with van der Waals surface area (Å²) in [6, 6.07) is 18.5. The number of nitro groups is 1. The third kappa shape index (κ3) is 4.76. The molecule has 0 bridgehead atoms. The summed E-state index contributed by atoms with van der Waals surface area (Å²) in [5.41, 5.74) is 2.08. The van der Waals surface area contributed by atoms with Crippen LogP contribution in [0.15, 0.2) is 70.7 Å². The first-order chi connectivity index (χ1) is 14.0. The monoisotopic (exact) mass is 387 g/mol. The molecular weight excluding hydrogens is 370 g/mol. The number of anilines is 1. The first-order valence-electron chi connectivity index (χ1n) is 8.87. The molecule has 144 valence electrons. The topological polar surface area (TPSA) is 109 Å². The molecule has 0 unspecified atom stereocenters. The normalized spacial score (nSPS) is 11.0. The van der Waals surface area contributed by atoms with Crippen molar-refractivity contribution in [2.45, 2.75) is 13.3 Å². The van der Waals surface area contributed by atoms with Crippen molar-refractivity contribution in [3.8, 4) is 17.4 Å². The molecule has 3 rings (SSSR count). The van der Waals surface area contributed by atoms with Gasteiger partial charge in [0.15, 0.2) is 0 Å². The number of furan rings is 1. The van der Waals surface area contributed by atoms with Crippen LogP contribution in [-0.2, 0) is 11.2 Å². The fraction of sp³-hybridized carbons (Fsp3) is 0.0909. The summed E-state index contributed by atoms with van der Waals surface area (Å²) in [6.45, 7) is 2.04. The summed E-state index contributed by atoms with van der Waals surface area (Å²) in [5.74, 6) is 0.136. The van der Waals surface area contributed by atoms with Gasteiger partial charge in [-0.2, -0.15) is 5.26 Å². The molecule has 0 saturated heterocycles. The number of hydrogen-bond acceptors (Lipinski definition) is 5. The minimum absolute atomic E-state index is 0.0535. The first-order valence-corrected chi connectivity index (χ1v) is 8.87. The minimum atomic E-state index is -0.551. The van der Waals surface area contributed by atoms with Crippen LogP contribution < -0.4 is 5.32 Å². The van der Waals surface area contributed by atoms with Crippen LogP contribution >= 0.6 is 0 Å². The van der Waals surface area contributed by atoms with Gasteiger partial charge in [-0.05, 0) is 36.2 Å². The van der Waals surface area contributed by atoms with E-state index in [0.29, 0.717) is 22.8 Å². The van der Waals surface area contributed by atoms with E-state index in [9.17, 15) is 20.2 Å². The Hall–Kier alpha value is -4.18. The van der Waals surface area contributed by atoms with Crippen LogP contribution in [-0.4, -0.2) is 10.8 Å². The van der Waals surface area contributed by atoms with Crippen molar-refractivity contribution in [3.63, 3.8) is 0 Å². The lowest BCUT2D eigenvalue weighted by atomic mass is 10.1. The number of non-ortho nitro benzene ring substituents is 1. The number of nitro benzene ring substituents is 1. The van der Waals surface area contributed by atoms with Crippen LogP contribution in [0.4, 0.5) is 11.4 Å². The van der Waals surface area contributed by atoms with Gasteiger partial charge in [0.05, 0.1) is 4.92 Å². The molecule has 0 aliphatic carbocycles. The van der Waals surface area contributed by atoms with E-state index in [0.717, 1.165) is 12.0 Å². The summed E-state index contributed by atoms with van der Waals surface area (Å²) in [4.78, 5) is 22.8. The zero-order chi connectivity index (χ0) is 20.8. The molecule has 7 nitrogen and oxygen atoms in total. The Labute approximate surface area is 167 Å². The highest BCUT2D eigenvalue weighted by molar-refractivity contribution is 6.09. The van der Waals surface area contributed by atoms with Crippen molar-refractivity contribution in [1.29, 1.82) is 5.26 Å². The Bertz CT molecular complexity index is 1120. The predicted octanol–water partition coefficient (Wildman–Crippen LogP) is 4.96. The number of amides is 1. The summed E-state index contributed by atoms with van der Waals surface area (Å²) < 4.78 is 5.64. The average Bonchev–Trinajstić information content (AvgIpc) is 3.21. The summed E-state index contributed by atoms with van der Waals surface area (Å²) in [7, 11) is 0. The highest BCUT2D eigenvalue weighted by Gasteiger charge is 2.13. The van der Waals surface area contributed by atoms with E-state index in [-0.39, 0.29) is 11.3 Å². The fourth-order valence-electron chi connectivity index (χ4n) is 2.67. The van der Waals surface area contributed by atoms with Gasteiger partial charge in [0.2, 0.25) is 0 Å². The second-order valence-corrected chi connectivity index (χ2v) is 6.18. The van der Waals surface area contributed by atoms with Crippen molar-refractivity contribution in [2.75, 3.05) is 5.32 Å². The van der Waals surface area contributed by atoms with Gasteiger partial charge in [-0.1, -0.05) is 31.2 Å². The van der Waals surface area contributed by atoms with Gasteiger partial charge in [0, 0.05) is 29.5 Å². The molecule has 0 atom stereocenters. The Morgan fingerprint density at radius 3 is 2.62 bits per heavy atom. The molecular formula is C22H17N3O4. The number of nitrogens with zero attached hydrogens (tertiary/aromatic N) is 2. The molecule has 3 aromatic rings. The Balaban J connectivity index is 1.79. The largest absolute Gasteiger partial charge is 0.457 e. The van der Waals surface area contributed by atoms with Crippen LogP contribution in [0, 0.1) is 21.4 Å². The lowest BCUT2D eigenvalue weighted by Crippen LogP contribution is -2.13. The smallest absolute Gasteiger partial charge is 0.270 e. The lowest BCUT2D eigenvalue weighted by Gasteiger charge is -2.05. The number of carbonyl (C=O) groups excluding carboxylic acids is 1. The quantitative estimate of drug-likeness (QED) is 0.278. The van der Waals surface area contributed by atoms with Crippen LogP contribution in [0.5, 0.6) is 0 Å².